The quantitative estimate of drug-likeness (QED) is 0.839. The Morgan fingerprint density at radius 3 is 2.43 bits per heavy atom. The Labute approximate surface area is 127 Å². The van der Waals surface area contributed by atoms with Crippen molar-refractivity contribution >= 4 is 11.8 Å². The molecular formula is C17H26N2O2. The number of nitrogens with zero attached hydrogens (tertiary/aromatic N) is 1. The summed E-state index contributed by atoms with van der Waals surface area (Å²) in [5, 5.41) is 2.66. The smallest absolute Gasteiger partial charge is 0.242 e. The van der Waals surface area contributed by atoms with Crippen LogP contribution in [0.3, 0.4) is 0 Å². The molecule has 0 saturated heterocycles. The Balaban J connectivity index is 3.04. The third kappa shape index (κ3) is 4.59. The second kappa shape index (κ2) is 8.45. The van der Waals surface area contributed by atoms with Crippen molar-refractivity contribution in [2.45, 2.75) is 52.6 Å². The van der Waals surface area contributed by atoms with E-state index in [0.29, 0.717) is 19.4 Å². The molecule has 0 fully saturated rings. The van der Waals surface area contributed by atoms with Gasteiger partial charge < -0.3 is 10.2 Å². The van der Waals surface area contributed by atoms with Crippen LogP contribution in [0.25, 0.3) is 0 Å². The number of hydrogen-bond acceptors (Lipinski definition) is 2. The SMILES string of the molecule is CCCC(=O)N(Cc1ccccc1C)C(CC)C(=O)NC. The highest BCUT2D eigenvalue weighted by atomic mass is 16.2. The second-order valence-electron chi connectivity index (χ2n) is 5.24. The summed E-state index contributed by atoms with van der Waals surface area (Å²) in [5.41, 5.74) is 2.22. The van der Waals surface area contributed by atoms with Crippen molar-refractivity contribution in [3.8, 4) is 0 Å². The van der Waals surface area contributed by atoms with E-state index in [1.54, 1.807) is 11.9 Å². The van der Waals surface area contributed by atoms with Crippen LogP contribution < -0.4 is 5.32 Å². The van der Waals surface area contributed by atoms with Gasteiger partial charge in [0.05, 0.1) is 0 Å². The Morgan fingerprint density at radius 1 is 1.24 bits per heavy atom. The molecule has 21 heavy (non-hydrogen) atoms. The first kappa shape index (κ1) is 17.2. The molecule has 0 aliphatic carbocycles. The van der Waals surface area contributed by atoms with Gasteiger partial charge in [-0.05, 0) is 30.9 Å². The first-order valence-corrected chi connectivity index (χ1v) is 7.60. The molecule has 0 radical (unpaired) electrons. The van der Waals surface area contributed by atoms with Crippen molar-refractivity contribution in [1.29, 1.82) is 0 Å². The molecule has 0 bridgehead atoms. The maximum absolute atomic E-state index is 12.4. The highest BCUT2D eigenvalue weighted by Crippen LogP contribution is 2.16. The van der Waals surface area contributed by atoms with E-state index in [0.717, 1.165) is 17.5 Å². The van der Waals surface area contributed by atoms with Gasteiger partial charge in [0.15, 0.2) is 0 Å². The van der Waals surface area contributed by atoms with Crippen molar-refractivity contribution in [1.82, 2.24) is 10.2 Å². The molecule has 0 spiro atoms. The lowest BCUT2D eigenvalue weighted by molar-refractivity contribution is -0.141. The Hall–Kier alpha value is -1.84. The van der Waals surface area contributed by atoms with Gasteiger partial charge in [-0.1, -0.05) is 38.1 Å². The molecule has 4 heteroatoms. The highest BCUT2D eigenvalue weighted by molar-refractivity contribution is 5.87. The molecule has 0 saturated carbocycles. The number of amides is 2. The number of hydrogen-bond donors (Lipinski definition) is 1. The number of nitrogens with one attached hydrogen (secondary N) is 1. The number of aryl methyl sites for hydroxylation is 1. The van der Waals surface area contributed by atoms with Crippen molar-refractivity contribution < 1.29 is 9.59 Å². The number of carbonyl (C=O) groups excluding carboxylic acids is 2. The summed E-state index contributed by atoms with van der Waals surface area (Å²) in [6.45, 7) is 6.42. The maximum Gasteiger partial charge on any atom is 0.242 e. The molecule has 1 rings (SSSR count). The van der Waals surface area contributed by atoms with Crippen molar-refractivity contribution in [2.75, 3.05) is 7.05 Å². The number of likely N-dealkylation sites (N-methyl/N-ethyl adjacent to an activating group) is 1. The first-order valence-electron chi connectivity index (χ1n) is 7.60. The lowest BCUT2D eigenvalue weighted by atomic mass is 10.1. The van der Waals surface area contributed by atoms with Crippen LogP contribution in [0.15, 0.2) is 24.3 Å². The fourth-order valence-electron chi connectivity index (χ4n) is 2.41. The average Bonchev–Trinajstić information content (AvgIpc) is 2.48. The van der Waals surface area contributed by atoms with Crippen LogP contribution >= 0.6 is 0 Å². The lowest BCUT2D eigenvalue weighted by Crippen LogP contribution is -2.48. The summed E-state index contributed by atoms with van der Waals surface area (Å²) >= 11 is 0. The van der Waals surface area contributed by atoms with Gasteiger partial charge in [0.1, 0.15) is 6.04 Å². The average molecular weight is 290 g/mol. The molecule has 1 unspecified atom stereocenters. The van der Waals surface area contributed by atoms with Crippen LogP contribution in [-0.2, 0) is 16.1 Å². The van der Waals surface area contributed by atoms with Crippen LogP contribution in [0, 0.1) is 6.92 Å². The fraction of sp³-hybridized carbons (Fsp3) is 0.529. The topological polar surface area (TPSA) is 49.4 Å². The second-order valence-corrected chi connectivity index (χ2v) is 5.24. The summed E-state index contributed by atoms with van der Waals surface area (Å²) in [6, 6.07) is 7.57. The van der Waals surface area contributed by atoms with Gasteiger partial charge in [0.2, 0.25) is 11.8 Å². The minimum atomic E-state index is -0.409. The standard InChI is InChI=1S/C17H26N2O2/c1-5-9-16(20)19(15(6-2)17(21)18-4)12-14-11-8-7-10-13(14)3/h7-8,10-11,15H,5-6,9,12H2,1-4H3,(H,18,21). The number of benzene rings is 1. The van der Waals surface area contributed by atoms with Crippen molar-refractivity contribution in [2.24, 2.45) is 0 Å². The zero-order chi connectivity index (χ0) is 15.8. The van der Waals surface area contributed by atoms with E-state index in [1.165, 1.54) is 0 Å². The van der Waals surface area contributed by atoms with E-state index in [1.807, 2.05) is 45.0 Å². The van der Waals surface area contributed by atoms with Gasteiger partial charge in [0.25, 0.3) is 0 Å². The van der Waals surface area contributed by atoms with Crippen molar-refractivity contribution in [3.05, 3.63) is 35.4 Å². The minimum Gasteiger partial charge on any atom is -0.357 e. The summed E-state index contributed by atoms with van der Waals surface area (Å²) < 4.78 is 0. The van der Waals surface area contributed by atoms with Gasteiger partial charge in [-0.2, -0.15) is 0 Å². The summed E-state index contributed by atoms with van der Waals surface area (Å²) in [6.07, 6.45) is 1.87. The Bertz CT molecular complexity index is 485. The molecule has 1 N–H and O–H groups in total. The van der Waals surface area contributed by atoms with Crippen LogP contribution in [0.4, 0.5) is 0 Å². The summed E-state index contributed by atoms with van der Waals surface area (Å²) in [4.78, 5) is 26.2. The zero-order valence-corrected chi connectivity index (χ0v) is 13.5. The predicted molar refractivity (Wildman–Crippen MR) is 84.8 cm³/mol. The molecule has 0 aliphatic rings. The Morgan fingerprint density at radius 2 is 1.90 bits per heavy atom. The van der Waals surface area contributed by atoms with E-state index in [2.05, 4.69) is 5.32 Å². The van der Waals surface area contributed by atoms with Crippen LogP contribution in [0.1, 0.15) is 44.2 Å². The van der Waals surface area contributed by atoms with E-state index in [9.17, 15) is 9.59 Å². The monoisotopic (exact) mass is 290 g/mol. The molecule has 0 aromatic heterocycles. The number of carbonyl (C=O) groups is 2. The van der Waals surface area contributed by atoms with E-state index < -0.39 is 6.04 Å². The maximum atomic E-state index is 12.4. The molecule has 2 amide bonds. The third-order valence-electron chi connectivity index (χ3n) is 3.70. The Kier molecular flexibility index (Phi) is 6.92. The van der Waals surface area contributed by atoms with Gasteiger partial charge in [-0.25, -0.2) is 0 Å². The predicted octanol–water partition coefficient (Wildman–Crippen LogP) is 2.65. The minimum absolute atomic E-state index is 0.0382. The lowest BCUT2D eigenvalue weighted by Gasteiger charge is -2.30. The van der Waals surface area contributed by atoms with Gasteiger partial charge in [-0.15, -0.1) is 0 Å². The highest BCUT2D eigenvalue weighted by Gasteiger charge is 2.27. The van der Waals surface area contributed by atoms with E-state index in [-0.39, 0.29) is 11.8 Å². The first-order chi connectivity index (χ1) is 10.0. The fourth-order valence-corrected chi connectivity index (χ4v) is 2.41. The van der Waals surface area contributed by atoms with E-state index >= 15 is 0 Å². The van der Waals surface area contributed by atoms with Gasteiger partial charge in [-0.3, -0.25) is 9.59 Å². The van der Waals surface area contributed by atoms with Gasteiger partial charge >= 0.3 is 0 Å². The number of rotatable bonds is 7. The van der Waals surface area contributed by atoms with E-state index in [4.69, 9.17) is 0 Å². The molecule has 4 nitrogen and oxygen atoms in total. The zero-order valence-electron chi connectivity index (χ0n) is 13.5. The van der Waals surface area contributed by atoms with Crippen LogP contribution in [0.5, 0.6) is 0 Å². The summed E-state index contributed by atoms with van der Waals surface area (Å²) in [5.74, 6) is -0.0632. The third-order valence-corrected chi connectivity index (χ3v) is 3.70. The van der Waals surface area contributed by atoms with Gasteiger partial charge in [0, 0.05) is 20.0 Å². The molecule has 116 valence electrons. The molecule has 0 heterocycles. The molecule has 1 aromatic rings. The largest absolute Gasteiger partial charge is 0.357 e. The summed E-state index contributed by atoms with van der Waals surface area (Å²) in [7, 11) is 1.61. The van der Waals surface area contributed by atoms with Crippen molar-refractivity contribution in [3.63, 3.8) is 0 Å². The normalized spacial score (nSPS) is 11.8. The van der Waals surface area contributed by atoms with Crippen LogP contribution in [-0.4, -0.2) is 29.8 Å². The molecule has 0 aliphatic heterocycles. The van der Waals surface area contributed by atoms with Crippen LogP contribution in [0.2, 0.25) is 0 Å². The molecular weight excluding hydrogens is 264 g/mol. The molecule has 1 atom stereocenters. The molecule has 1 aromatic carbocycles.